The predicted octanol–water partition coefficient (Wildman–Crippen LogP) is 5.31. The SMILES string of the molecule is CCOCn1nnc(-c2ccc(F)cc2)c1-c1ccnc(NC(C)c2ccccc2)c1. The number of rotatable bonds is 8. The van der Waals surface area contributed by atoms with E-state index in [0.29, 0.717) is 12.3 Å². The zero-order chi connectivity index (χ0) is 21.6. The van der Waals surface area contributed by atoms with Gasteiger partial charge in [0.2, 0.25) is 0 Å². The van der Waals surface area contributed by atoms with E-state index in [1.165, 1.54) is 17.7 Å². The van der Waals surface area contributed by atoms with Gasteiger partial charge in [0, 0.05) is 30.0 Å². The highest BCUT2D eigenvalue weighted by Crippen LogP contribution is 2.32. The fraction of sp³-hybridized carbons (Fsp3) is 0.208. The zero-order valence-electron chi connectivity index (χ0n) is 17.5. The fourth-order valence-corrected chi connectivity index (χ4v) is 3.37. The predicted molar refractivity (Wildman–Crippen MR) is 119 cm³/mol. The molecule has 4 rings (SSSR count). The molecule has 0 radical (unpaired) electrons. The van der Waals surface area contributed by atoms with Crippen LogP contribution in [0.4, 0.5) is 10.2 Å². The van der Waals surface area contributed by atoms with E-state index >= 15 is 0 Å². The number of nitrogens with one attached hydrogen (secondary N) is 1. The third-order valence-corrected chi connectivity index (χ3v) is 4.97. The molecule has 1 atom stereocenters. The van der Waals surface area contributed by atoms with Gasteiger partial charge in [-0.25, -0.2) is 14.1 Å². The lowest BCUT2D eigenvalue weighted by atomic mass is 10.0. The van der Waals surface area contributed by atoms with Gasteiger partial charge in [-0.15, -0.1) is 5.10 Å². The highest BCUT2D eigenvalue weighted by Gasteiger charge is 2.18. The van der Waals surface area contributed by atoms with Crippen LogP contribution < -0.4 is 5.32 Å². The summed E-state index contributed by atoms with van der Waals surface area (Å²) < 4.78 is 20.7. The maximum atomic E-state index is 13.4. The molecule has 0 aliphatic carbocycles. The van der Waals surface area contributed by atoms with Crippen molar-refractivity contribution in [2.24, 2.45) is 0 Å². The lowest BCUT2D eigenvalue weighted by molar-refractivity contribution is 0.0790. The Bertz CT molecular complexity index is 1130. The van der Waals surface area contributed by atoms with Crippen LogP contribution in [0.15, 0.2) is 72.9 Å². The average molecular weight is 417 g/mol. The molecule has 2 aromatic heterocycles. The highest BCUT2D eigenvalue weighted by molar-refractivity contribution is 5.78. The van der Waals surface area contributed by atoms with Crippen LogP contribution in [0, 0.1) is 5.82 Å². The summed E-state index contributed by atoms with van der Waals surface area (Å²) in [5.41, 5.74) is 4.29. The summed E-state index contributed by atoms with van der Waals surface area (Å²) in [6.45, 7) is 4.85. The van der Waals surface area contributed by atoms with Gasteiger partial charge in [0.05, 0.1) is 5.69 Å². The number of anilines is 1. The maximum absolute atomic E-state index is 13.4. The molecule has 4 aromatic rings. The molecule has 1 N–H and O–H groups in total. The van der Waals surface area contributed by atoms with Crippen LogP contribution >= 0.6 is 0 Å². The largest absolute Gasteiger partial charge is 0.364 e. The second-order valence-corrected chi connectivity index (χ2v) is 7.12. The number of ether oxygens (including phenoxy) is 1. The van der Waals surface area contributed by atoms with E-state index < -0.39 is 0 Å². The molecule has 31 heavy (non-hydrogen) atoms. The number of nitrogens with zero attached hydrogens (tertiary/aromatic N) is 4. The molecule has 2 heterocycles. The van der Waals surface area contributed by atoms with Gasteiger partial charge in [-0.2, -0.15) is 0 Å². The van der Waals surface area contributed by atoms with Crippen molar-refractivity contribution in [1.29, 1.82) is 0 Å². The minimum atomic E-state index is -0.294. The van der Waals surface area contributed by atoms with E-state index in [9.17, 15) is 4.39 Å². The molecular weight excluding hydrogens is 393 g/mol. The quantitative estimate of drug-likeness (QED) is 0.421. The van der Waals surface area contributed by atoms with Gasteiger partial charge >= 0.3 is 0 Å². The van der Waals surface area contributed by atoms with E-state index in [0.717, 1.165) is 22.6 Å². The third kappa shape index (κ3) is 4.78. The maximum Gasteiger partial charge on any atom is 0.141 e. The van der Waals surface area contributed by atoms with E-state index in [2.05, 4.69) is 39.7 Å². The van der Waals surface area contributed by atoms with Crippen molar-refractivity contribution in [1.82, 2.24) is 20.0 Å². The van der Waals surface area contributed by atoms with Crippen LogP contribution in [0.1, 0.15) is 25.5 Å². The number of hydrogen-bond acceptors (Lipinski definition) is 5. The second-order valence-electron chi connectivity index (χ2n) is 7.12. The Labute approximate surface area is 180 Å². The molecule has 1 unspecified atom stereocenters. The molecule has 158 valence electrons. The standard InChI is InChI=1S/C24H24FN5O/c1-3-31-16-30-24(23(28-29-30)19-9-11-21(25)12-10-19)20-13-14-26-22(15-20)27-17(2)18-7-5-4-6-8-18/h4-15,17H,3,16H2,1-2H3,(H,26,27). The zero-order valence-corrected chi connectivity index (χ0v) is 17.5. The Morgan fingerprint density at radius 3 is 2.55 bits per heavy atom. The van der Waals surface area contributed by atoms with Crippen molar-refractivity contribution in [3.63, 3.8) is 0 Å². The first-order valence-corrected chi connectivity index (χ1v) is 10.2. The number of hydrogen-bond donors (Lipinski definition) is 1. The highest BCUT2D eigenvalue weighted by atomic mass is 19.1. The Morgan fingerprint density at radius 2 is 1.81 bits per heavy atom. The van der Waals surface area contributed by atoms with Crippen LogP contribution in [0.25, 0.3) is 22.5 Å². The van der Waals surface area contributed by atoms with Crippen LogP contribution in [0.5, 0.6) is 0 Å². The van der Waals surface area contributed by atoms with Crippen LogP contribution in [-0.4, -0.2) is 26.6 Å². The average Bonchev–Trinajstić information content (AvgIpc) is 3.23. The van der Waals surface area contributed by atoms with Gasteiger partial charge in [0.15, 0.2) is 0 Å². The molecule has 0 aliphatic heterocycles. The van der Waals surface area contributed by atoms with Crippen LogP contribution in [0.2, 0.25) is 0 Å². The fourth-order valence-electron chi connectivity index (χ4n) is 3.37. The van der Waals surface area contributed by atoms with Crippen molar-refractivity contribution in [3.8, 4) is 22.5 Å². The summed E-state index contributed by atoms with van der Waals surface area (Å²) in [6, 6.07) is 20.4. The molecule has 7 heteroatoms. The summed E-state index contributed by atoms with van der Waals surface area (Å²) in [6.07, 6.45) is 1.75. The van der Waals surface area contributed by atoms with Crippen molar-refractivity contribution in [3.05, 3.63) is 84.3 Å². The number of aromatic nitrogens is 4. The van der Waals surface area contributed by atoms with Gasteiger partial charge in [-0.1, -0.05) is 35.5 Å². The summed E-state index contributed by atoms with van der Waals surface area (Å²) in [7, 11) is 0. The van der Waals surface area contributed by atoms with Gasteiger partial charge in [-0.3, -0.25) is 0 Å². The van der Waals surface area contributed by atoms with Gasteiger partial charge in [0.25, 0.3) is 0 Å². The number of pyridine rings is 1. The Morgan fingerprint density at radius 1 is 1.03 bits per heavy atom. The smallest absolute Gasteiger partial charge is 0.141 e. The van der Waals surface area contributed by atoms with E-state index in [-0.39, 0.29) is 18.6 Å². The minimum absolute atomic E-state index is 0.0898. The van der Waals surface area contributed by atoms with E-state index in [1.54, 1.807) is 23.0 Å². The summed E-state index contributed by atoms with van der Waals surface area (Å²) in [4.78, 5) is 4.48. The molecule has 2 aromatic carbocycles. The van der Waals surface area contributed by atoms with Gasteiger partial charge < -0.3 is 10.1 Å². The number of halogens is 1. The molecule has 0 fully saturated rings. The number of benzene rings is 2. The summed E-state index contributed by atoms with van der Waals surface area (Å²) in [5, 5.41) is 12.1. The second kappa shape index (κ2) is 9.49. The van der Waals surface area contributed by atoms with Crippen molar-refractivity contribution >= 4 is 5.82 Å². The van der Waals surface area contributed by atoms with E-state index in [4.69, 9.17) is 4.74 Å². The van der Waals surface area contributed by atoms with Gasteiger partial charge in [-0.05, 0) is 55.8 Å². The third-order valence-electron chi connectivity index (χ3n) is 4.97. The lowest BCUT2D eigenvalue weighted by Gasteiger charge is -2.16. The van der Waals surface area contributed by atoms with Crippen molar-refractivity contribution in [2.45, 2.75) is 26.6 Å². The molecule has 0 aliphatic rings. The Kier molecular flexibility index (Phi) is 6.33. The minimum Gasteiger partial charge on any atom is -0.364 e. The Hall–Kier alpha value is -3.58. The molecule has 6 nitrogen and oxygen atoms in total. The molecule has 0 saturated carbocycles. The molecule has 0 spiro atoms. The van der Waals surface area contributed by atoms with Gasteiger partial charge in [0.1, 0.15) is 24.1 Å². The Balaban J connectivity index is 1.70. The first-order valence-electron chi connectivity index (χ1n) is 10.2. The lowest BCUT2D eigenvalue weighted by Crippen LogP contribution is -2.09. The molecule has 0 amide bonds. The monoisotopic (exact) mass is 417 g/mol. The topological polar surface area (TPSA) is 64.9 Å². The summed E-state index contributed by atoms with van der Waals surface area (Å²) >= 11 is 0. The van der Waals surface area contributed by atoms with Crippen LogP contribution in [-0.2, 0) is 11.5 Å². The van der Waals surface area contributed by atoms with Crippen LogP contribution in [0.3, 0.4) is 0 Å². The first kappa shape index (κ1) is 20.7. The first-order chi connectivity index (χ1) is 15.2. The summed E-state index contributed by atoms with van der Waals surface area (Å²) in [5.74, 6) is 0.445. The molecular formula is C24H24FN5O. The normalized spacial score (nSPS) is 12.0. The molecule has 0 bridgehead atoms. The van der Waals surface area contributed by atoms with E-state index in [1.807, 2.05) is 37.3 Å². The van der Waals surface area contributed by atoms with Crippen molar-refractivity contribution in [2.75, 3.05) is 11.9 Å². The molecule has 0 saturated heterocycles. The van der Waals surface area contributed by atoms with Crippen molar-refractivity contribution < 1.29 is 9.13 Å².